The second-order valence-electron chi connectivity index (χ2n) is 16.0. The van der Waals surface area contributed by atoms with Gasteiger partial charge >= 0.3 is 11.9 Å². The number of carboxylic acid groups (broad SMARTS) is 2. The van der Waals surface area contributed by atoms with Gasteiger partial charge in [-0.15, -0.1) is 0 Å². The molecule has 61 heavy (non-hydrogen) atoms. The van der Waals surface area contributed by atoms with Crippen LogP contribution in [0.1, 0.15) is 148 Å². The Bertz CT molecular complexity index is 1230. The van der Waals surface area contributed by atoms with E-state index in [9.17, 15) is 38.7 Å². The SMILES string of the molecule is CC(=O)COCCOCCNC(=O)COCCOCCNC(=O)CCC(NC(=O)C1CCC(CNC(=O)CCCCCCCCCCCCCCCCC(=O)O)CC1)C(=O)O. The van der Waals surface area contributed by atoms with Crippen LogP contribution in [0, 0.1) is 11.8 Å². The number of carbonyl (C=O) groups is 7. The molecule has 352 valence electrons. The zero-order valence-electron chi connectivity index (χ0n) is 37.0. The zero-order valence-corrected chi connectivity index (χ0v) is 37.0. The Morgan fingerprint density at radius 3 is 1.49 bits per heavy atom. The van der Waals surface area contributed by atoms with Crippen LogP contribution >= 0.6 is 0 Å². The number of Topliss-reactive ketones (excluding diaryl/α,β-unsaturated/α-hetero) is 1. The minimum Gasteiger partial charge on any atom is -0.481 e. The van der Waals surface area contributed by atoms with Crippen molar-refractivity contribution in [2.45, 2.75) is 154 Å². The first-order chi connectivity index (χ1) is 29.5. The molecule has 6 N–H and O–H groups in total. The molecule has 0 aromatic carbocycles. The van der Waals surface area contributed by atoms with E-state index in [1.807, 2.05) is 0 Å². The molecule has 0 saturated heterocycles. The summed E-state index contributed by atoms with van der Waals surface area (Å²) in [6, 6.07) is -1.18. The highest BCUT2D eigenvalue weighted by Crippen LogP contribution is 2.29. The van der Waals surface area contributed by atoms with Gasteiger partial charge in [-0.05, 0) is 57.8 Å². The summed E-state index contributed by atoms with van der Waals surface area (Å²) < 4.78 is 21.0. The molecule has 1 saturated carbocycles. The van der Waals surface area contributed by atoms with Gasteiger partial charge in [0.2, 0.25) is 23.6 Å². The third-order valence-electron chi connectivity index (χ3n) is 10.5. The van der Waals surface area contributed by atoms with Crippen molar-refractivity contribution in [3.8, 4) is 0 Å². The molecule has 0 aromatic heterocycles. The molecule has 1 atom stereocenters. The van der Waals surface area contributed by atoms with Crippen LogP contribution in [0.2, 0.25) is 0 Å². The van der Waals surface area contributed by atoms with E-state index in [4.69, 9.17) is 24.1 Å². The van der Waals surface area contributed by atoms with Gasteiger partial charge in [0.1, 0.15) is 19.3 Å². The van der Waals surface area contributed by atoms with Crippen molar-refractivity contribution < 1.29 is 62.7 Å². The first kappa shape index (κ1) is 55.3. The summed E-state index contributed by atoms with van der Waals surface area (Å²) in [6.07, 6.45) is 19.4. The number of carboxylic acids is 2. The van der Waals surface area contributed by atoms with Crippen LogP contribution < -0.4 is 21.3 Å². The number of carbonyl (C=O) groups excluding carboxylic acids is 5. The summed E-state index contributed by atoms with van der Waals surface area (Å²) in [6.45, 7) is 3.95. The molecule has 17 heteroatoms. The number of ketones is 1. The number of rotatable bonds is 41. The van der Waals surface area contributed by atoms with Crippen LogP contribution in [0.15, 0.2) is 0 Å². The normalized spacial score (nSPS) is 15.4. The van der Waals surface area contributed by atoms with Crippen molar-refractivity contribution in [1.82, 2.24) is 21.3 Å². The number of nitrogens with one attached hydrogen (secondary N) is 4. The van der Waals surface area contributed by atoms with Crippen LogP contribution in [0.4, 0.5) is 0 Å². The topological polar surface area (TPSA) is 245 Å². The number of hydrogen-bond donors (Lipinski definition) is 6. The average molecular weight is 871 g/mol. The molecule has 1 rings (SSSR count). The van der Waals surface area contributed by atoms with E-state index in [0.717, 1.165) is 51.4 Å². The second-order valence-corrected chi connectivity index (χ2v) is 16.0. The van der Waals surface area contributed by atoms with Gasteiger partial charge in [0.15, 0.2) is 5.78 Å². The fourth-order valence-corrected chi connectivity index (χ4v) is 6.97. The fourth-order valence-electron chi connectivity index (χ4n) is 6.97. The molecule has 4 amide bonds. The van der Waals surface area contributed by atoms with Crippen LogP contribution in [-0.2, 0) is 52.5 Å². The first-order valence-electron chi connectivity index (χ1n) is 22.8. The highest BCUT2D eigenvalue weighted by molar-refractivity contribution is 5.85. The van der Waals surface area contributed by atoms with E-state index >= 15 is 0 Å². The lowest BCUT2D eigenvalue weighted by molar-refractivity contribution is -0.143. The predicted octanol–water partition coefficient (Wildman–Crippen LogP) is 4.47. The van der Waals surface area contributed by atoms with Crippen molar-refractivity contribution in [3.05, 3.63) is 0 Å². The van der Waals surface area contributed by atoms with Gasteiger partial charge in [0, 0.05) is 44.8 Å². The maximum absolute atomic E-state index is 12.9. The van der Waals surface area contributed by atoms with Crippen molar-refractivity contribution in [2.75, 3.05) is 72.5 Å². The minimum atomic E-state index is -1.20. The monoisotopic (exact) mass is 871 g/mol. The fraction of sp³-hybridized carbons (Fsp3) is 0.841. The Balaban J connectivity index is 2.01. The molecule has 0 heterocycles. The Morgan fingerprint density at radius 2 is 0.984 bits per heavy atom. The number of ether oxygens (including phenoxy) is 4. The summed E-state index contributed by atoms with van der Waals surface area (Å²) in [7, 11) is 0. The van der Waals surface area contributed by atoms with Crippen molar-refractivity contribution in [1.29, 1.82) is 0 Å². The lowest BCUT2D eigenvalue weighted by Gasteiger charge is -2.28. The smallest absolute Gasteiger partial charge is 0.326 e. The summed E-state index contributed by atoms with van der Waals surface area (Å²) in [5.74, 6) is -2.89. The molecule has 0 bridgehead atoms. The van der Waals surface area contributed by atoms with E-state index in [0.29, 0.717) is 52.2 Å². The van der Waals surface area contributed by atoms with E-state index in [1.165, 1.54) is 58.3 Å². The highest BCUT2D eigenvalue weighted by atomic mass is 16.5. The molecule has 0 spiro atoms. The first-order valence-corrected chi connectivity index (χ1v) is 22.8. The molecule has 1 fully saturated rings. The number of amides is 4. The molecule has 0 radical (unpaired) electrons. The van der Waals surface area contributed by atoms with Crippen LogP contribution in [0.25, 0.3) is 0 Å². The van der Waals surface area contributed by atoms with E-state index in [-0.39, 0.29) is 100 Å². The highest BCUT2D eigenvalue weighted by Gasteiger charge is 2.29. The zero-order chi connectivity index (χ0) is 44.8. The van der Waals surface area contributed by atoms with Crippen LogP contribution in [-0.4, -0.2) is 130 Å². The molecule has 1 aliphatic carbocycles. The molecule has 0 aromatic rings. The maximum Gasteiger partial charge on any atom is 0.326 e. The van der Waals surface area contributed by atoms with E-state index < -0.39 is 18.0 Å². The largest absolute Gasteiger partial charge is 0.481 e. The summed E-state index contributed by atoms with van der Waals surface area (Å²) >= 11 is 0. The average Bonchev–Trinajstić information content (AvgIpc) is 3.23. The molecular weight excluding hydrogens is 792 g/mol. The van der Waals surface area contributed by atoms with Crippen molar-refractivity contribution in [2.24, 2.45) is 11.8 Å². The third-order valence-corrected chi connectivity index (χ3v) is 10.5. The Hall–Kier alpha value is -3.67. The summed E-state index contributed by atoms with van der Waals surface area (Å²) in [5.41, 5.74) is 0. The Morgan fingerprint density at radius 1 is 0.525 bits per heavy atom. The molecule has 17 nitrogen and oxygen atoms in total. The van der Waals surface area contributed by atoms with Crippen LogP contribution in [0.3, 0.4) is 0 Å². The van der Waals surface area contributed by atoms with Gasteiger partial charge in [-0.2, -0.15) is 0 Å². The van der Waals surface area contributed by atoms with Crippen LogP contribution in [0.5, 0.6) is 0 Å². The van der Waals surface area contributed by atoms with Gasteiger partial charge in [0.05, 0.1) is 39.6 Å². The Kier molecular flexibility index (Phi) is 34.5. The van der Waals surface area contributed by atoms with Gasteiger partial charge in [-0.25, -0.2) is 4.79 Å². The van der Waals surface area contributed by atoms with Crippen molar-refractivity contribution in [3.63, 3.8) is 0 Å². The lowest BCUT2D eigenvalue weighted by atomic mass is 9.81. The predicted molar refractivity (Wildman–Crippen MR) is 229 cm³/mol. The summed E-state index contributed by atoms with van der Waals surface area (Å²) in [4.78, 5) is 82.5. The number of unbranched alkanes of at least 4 members (excludes halogenated alkanes) is 13. The Labute approximate surface area is 363 Å². The molecule has 1 unspecified atom stereocenters. The summed E-state index contributed by atoms with van der Waals surface area (Å²) in [5, 5.41) is 29.3. The second kappa shape index (κ2) is 38.0. The minimum absolute atomic E-state index is 0.0471. The van der Waals surface area contributed by atoms with Gasteiger partial charge in [0.25, 0.3) is 0 Å². The molecule has 1 aliphatic rings. The standard InChI is InChI=1S/C44H78N4O13/c1-35(49)33-60-30-28-59-27-25-46-41(52)34-61-31-29-58-26-24-45-40(51)23-22-38(44(56)57)48-43(55)37-20-18-36(19-21-37)32-47-39(50)16-14-12-10-8-6-4-2-3-5-7-9-11-13-15-17-42(53)54/h36-38H,2-34H2,1H3,(H,45,51)(H,46,52)(H,47,50)(H,48,55)(H,53,54)(H,56,57). The van der Waals surface area contributed by atoms with Gasteiger partial charge in [-0.3, -0.25) is 28.8 Å². The van der Waals surface area contributed by atoms with Crippen molar-refractivity contribution >= 4 is 41.4 Å². The lowest BCUT2D eigenvalue weighted by Crippen LogP contribution is -2.45. The van der Waals surface area contributed by atoms with Gasteiger partial charge in [-0.1, -0.05) is 77.0 Å². The molecule has 0 aliphatic heterocycles. The van der Waals surface area contributed by atoms with E-state index in [2.05, 4.69) is 21.3 Å². The van der Waals surface area contributed by atoms with Gasteiger partial charge < -0.3 is 50.4 Å². The maximum atomic E-state index is 12.9. The number of hydrogen-bond acceptors (Lipinski definition) is 11. The van der Waals surface area contributed by atoms with E-state index in [1.54, 1.807) is 0 Å². The third kappa shape index (κ3) is 34.6. The quantitative estimate of drug-likeness (QED) is 0.0465. The molecular formula is C44H78N4O13. The number of aliphatic carboxylic acids is 2.